The van der Waals surface area contributed by atoms with Crippen molar-refractivity contribution in [3.63, 3.8) is 0 Å². The van der Waals surface area contributed by atoms with E-state index in [4.69, 9.17) is 5.73 Å². The van der Waals surface area contributed by atoms with Crippen molar-refractivity contribution in [1.82, 2.24) is 9.38 Å². The first kappa shape index (κ1) is 7.82. The first-order valence-electron chi connectivity index (χ1n) is 4.64. The molecule has 0 aliphatic heterocycles. The van der Waals surface area contributed by atoms with Crippen LogP contribution in [0.2, 0.25) is 0 Å². The van der Waals surface area contributed by atoms with Crippen LogP contribution >= 0.6 is 0 Å². The fraction of sp³-hybridized carbons (Fsp3) is 0.300. The van der Waals surface area contributed by atoms with E-state index in [9.17, 15) is 5.11 Å². The zero-order valence-electron chi connectivity index (χ0n) is 7.64. The third-order valence-corrected chi connectivity index (χ3v) is 2.75. The number of aromatic nitrogens is 2. The lowest BCUT2D eigenvalue weighted by Crippen LogP contribution is -2.22. The molecule has 2 aromatic rings. The third-order valence-electron chi connectivity index (χ3n) is 2.75. The normalized spacial score (nSPS) is 18.6. The van der Waals surface area contributed by atoms with E-state index in [1.807, 2.05) is 10.5 Å². The molecule has 0 atom stereocenters. The molecule has 1 aliphatic carbocycles. The number of fused-ring (bicyclic) bond motifs is 1. The van der Waals surface area contributed by atoms with Gasteiger partial charge in [0.15, 0.2) is 0 Å². The molecule has 2 heterocycles. The van der Waals surface area contributed by atoms with Crippen molar-refractivity contribution in [2.24, 2.45) is 5.73 Å². The van der Waals surface area contributed by atoms with Gasteiger partial charge in [0.1, 0.15) is 11.6 Å². The minimum atomic E-state index is -0.264. The highest BCUT2D eigenvalue weighted by Gasteiger charge is 2.43. The molecular weight excluding hydrogens is 178 g/mol. The summed E-state index contributed by atoms with van der Waals surface area (Å²) in [5.41, 5.74) is 6.77. The van der Waals surface area contributed by atoms with Crippen LogP contribution in [0.15, 0.2) is 24.5 Å². The number of imidazole rings is 1. The Kier molecular flexibility index (Phi) is 1.27. The van der Waals surface area contributed by atoms with E-state index in [0.717, 1.165) is 24.2 Å². The molecule has 1 saturated carbocycles. The number of hydrogen-bond acceptors (Lipinski definition) is 3. The Balaban J connectivity index is 2.29. The van der Waals surface area contributed by atoms with Crippen LogP contribution < -0.4 is 5.73 Å². The quantitative estimate of drug-likeness (QED) is 0.703. The Morgan fingerprint density at radius 2 is 2.21 bits per heavy atom. The molecule has 14 heavy (non-hydrogen) atoms. The molecule has 0 aromatic carbocycles. The maximum absolute atomic E-state index is 9.37. The van der Waals surface area contributed by atoms with Crippen LogP contribution in [-0.4, -0.2) is 14.5 Å². The number of hydrogen-bond donors (Lipinski definition) is 2. The van der Waals surface area contributed by atoms with Gasteiger partial charge in [-0.15, -0.1) is 0 Å². The van der Waals surface area contributed by atoms with Crippen LogP contribution in [-0.2, 0) is 5.54 Å². The third kappa shape index (κ3) is 0.943. The number of nitrogens with two attached hydrogens (primary N) is 1. The van der Waals surface area contributed by atoms with Gasteiger partial charge in [-0.1, -0.05) is 0 Å². The Morgan fingerprint density at radius 3 is 2.93 bits per heavy atom. The topological polar surface area (TPSA) is 63.5 Å². The lowest BCUT2D eigenvalue weighted by Gasteiger charge is -2.07. The first-order chi connectivity index (χ1) is 6.69. The summed E-state index contributed by atoms with van der Waals surface area (Å²) in [6, 6.07) is 3.48. The van der Waals surface area contributed by atoms with Gasteiger partial charge in [-0.3, -0.25) is 4.40 Å². The van der Waals surface area contributed by atoms with E-state index in [1.165, 1.54) is 0 Å². The summed E-state index contributed by atoms with van der Waals surface area (Å²) in [7, 11) is 0. The highest BCUT2D eigenvalue weighted by Crippen LogP contribution is 2.42. The summed E-state index contributed by atoms with van der Waals surface area (Å²) in [6.07, 6.45) is 5.38. The van der Waals surface area contributed by atoms with Gasteiger partial charge in [-0.05, 0) is 25.0 Å². The lowest BCUT2D eigenvalue weighted by molar-refractivity contribution is 0.471. The second-order valence-corrected chi connectivity index (χ2v) is 3.92. The zero-order chi connectivity index (χ0) is 9.76. The van der Waals surface area contributed by atoms with Gasteiger partial charge in [0.2, 0.25) is 0 Å². The Labute approximate surface area is 81.0 Å². The maximum Gasteiger partial charge on any atom is 0.133 e. The molecule has 2 aromatic heterocycles. The summed E-state index contributed by atoms with van der Waals surface area (Å²) in [5.74, 6) is 1.09. The van der Waals surface area contributed by atoms with E-state index < -0.39 is 0 Å². The molecule has 4 heteroatoms. The van der Waals surface area contributed by atoms with Crippen molar-refractivity contribution in [2.45, 2.75) is 18.4 Å². The smallest absolute Gasteiger partial charge is 0.133 e. The lowest BCUT2D eigenvalue weighted by atomic mass is 10.3. The monoisotopic (exact) mass is 189 g/mol. The average molecular weight is 189 g/mol. The van der Waals surface area contributed by atoms with E-state index in [2.05, 4.69) is 4.98 Å². The van der Waals surface area contributed by atoms with Gasteiger partial charge < -0.3 is 10.8 Å². The first-order valence-corrected chi connectivity index (χ1v) is 4.64. The van der Waals surface area contributed by atoms with Crippen LogP contribution in [0, 0.1) is 0 Å². The fourth-order valence-corrected chi connectivity index (χ4v) is 1.71. The molecule has 1 aliphatic rings. The standard InChI is InChI=1S/C10H11N3O/c11-10(3-4-10)9-12-5-7-1-2-8(14)6-13(7)9/h1-2,5-6,14H,3-4,11H2. The maximum atomic E-state index is 9.37. The van der Waals surface area contributed by atoms with Crippen molar-refractivity contribution in [3.8, 4) is 5.75 Å². The number of nitrogens with zero attached hydrogens (tertiary/aromatic N) is 2. The molecule has 3 rings (SSSR count). The SMILES string of the molecule is NC1(c2ncc3ccc(O)cn23)CC1. The van der Waals surface area contributed by atoms with Gasteiger partial charge in [0.25, 0.3) is 0 Å². The average Bonchev–Trinajstić information content (AvgIpc) is 2.77. The van der Waals surface area contributed by atoms with Crippen molar-refractivity contribution in [1.29, 1.82) is 0 Å². The van der Waals surface area contributed by atoms with Crippen molar-refractivity contribution in [3.05, 3.63) is 30.4 Å². The predicted octanol–water partition coefficient (Wildman–Crippen LogP) is 0.988. The molecule has 4 nitrogen and oxygen atoms in total. The van der Waals surface area contributed by atoms with E-state index in [0.29, 0.717) is 0 Å². The van der Waals surface area contributed by atoms with Crippen molar-refractivity contribution < 1.29 is 5.11 Å². The van der Waals surface area contributed by atoms with Gasteiger partial charge in [0, 0.05) is 0 Å². The van der Waals surface area contributed by atoms with Crippen molar-refractivity contribution in [2.75, 3.05) is 0 Å². The molecule has 3 N–H and O–H groups in total. The molecular formula is C10H11N3O. The number of pyridine rings is 1. The van der Waals surface area contributed by atoms with Gasteiger partial charge >= 0.3 is 0 Å². The highest BCUT2D eigenvalue weighted by atomic mass is 16.3. The van der Waals surface area contributed by atoms with Crippen LogP contribution in [0.3, 0.4) is 0 Å². The van der Waals surface area contributed by atoms with E-state index in [1.54, 1.807) is 18.5 Å². The second-order valence-electron chi connectivity index (χ2n) is 3.92. The van der Waals surface area contributed by atoms with Gasteiger partial charge in [0.05, 0.1) is 23.4 Å². The summed E-state index contributed by atoms with van der Waals surface area (Å²) < 4.78 is 1.86. The molecule has 0 bridgehead atoms. The molecule has 0 saturated heterocycles. The van der Waals surface area contributed by atoms with Gasteiger partial charge in [-0.25, -0.2) is 4.98 Å². The minimum Gasteiger partial charge on any atom is -0.506 e. The number of rotatable bonds is 1. The van der Waals surface area contributed by atoms with Gasteiger partial charge in [-0.2, -0.15) is 0 Å². The van der Waals surface area contributed by atoms with Crippen molar-refractivity contribution >= 4 is 5.52 Å². The fourth-order valence-electron chi connectivity index (χ4n) is 1.71. The highest BCUT2D eigenvalue weighted by molar-refractivity contribution is 5.49. The summed E-state index contributed by atoms with van der Waals surface area (Å²) in [6.45, 7) is 0. The summed E-state index contributed by atoms with van der Waals surface area (Å²) >= 11 is 0. The largest absolute Gasteiger partial charge is 0.506 e. The molecule has 72 valence electrons. The van der Waals surface area contributed by atoms with Crippen LogP contribution in [0.25, 0.3) is 5.52 Å². The summed E-state index contributed by atoms with van der Waals surface area (Å²) in [4.78, 5) is 4.30. The molecule has 0 radical (unpaired) electrons. The zero-order valence-corrected chi connectivity index (χ0v) is 7.64. The summed E-state index contributed by atoms with van der Waals surface area (Å²) in [5, 5.41) is 9.37. The Morgan fingerprint density at radius 1 is 1.43 bits per heavy atom. The second kappa shape index (κ2) is 2.27. The van der Waals surface area contributed by atoms with Crippen LogP contribution in [0.1, 0.15) is 18.7 Å². The Bertz CT molecular complexity index is 499. The molecule has 0 spiro atoms. The van der Waals surface area contributed by atoms with Crippen LogP contribution in [0.4, 0.5) is 0 Å². The van der Waals surface area contributed by atoms with Crippen LogP contribution in [0.5, 0.6) is 5.75 Å². The molecule has 0 unspecified atom stereocenters. The molecule has 1 fully saturated rings. The van der Waals surface area contributed by atoms with E-state index in [-0.39, 0.29) is 11.3 Å². The molecule has 0 amide bonds. The van der Waals surface area contributed by atoms with E-state index >= 15 is 0 Å². The minimum absolute atomic E-state index is 0.237. The number of aromatic hydroxyl groups is 1. The Hall–Kier alpha value is -1.55. The predicted molar refractivity (Wildman–Crippen MR) is 52.0 cm³/mol.